The fraction of sp³-hybridized carbons (Fsp3) is 0.400. The molecule has 17 heteroatoms. The Balaban J connectivity index is 1.93. The molecule has 1 fully saturated rings. The van der Waals surface area contributed by atoms with E-state index in [-0.39, 0.29) is 5.56 Å². The number of carbonyl (C=O) groups excluding carboxylic acids is 1. The van der Waals surface area contributed by atoms with E-state index >= 15 is 0 Å². The first kappa shape index (κ1) is 29.1. The molecule has 0 aliphatic carbocycles. The van der Waals surface area contributed by atoms with Gasteiger partial charge in [-0.15, -0.1) is 0 Å². The van der Waals surface area contributed by atoms with Crippen LogP contribution in [-0.4, -0.2) is 44.0 Å². The Morgan fingerprint density at radius 3 is 2.38 bits per heavy atom. The summed E-state index contributed by atoms with van der Waals surface area (Å²) >= 11 is 0. The highest BCUT2D eigenvalue weighted by Crippen LogP contribution is 2.79. The zero-order valence-electron chi connectivity index (χ0n) is 19.2. The molecule has 37 heavy (non-hydrogen) atoms. The normalized spacial score (nSPS) is 28.1. The highest BCUT2D eigenvalue weighted by molar-refractivity contribution is 7.73. The molecular formula is C20H22F3NO11P2. The van der Waals surface area contributed by atoms with E-state index in [1.54, 1.807) is 0 Å². The van der Waals surface area contributed by atoms with Gasteiger partial charge in [0.1, 0.15) is 5.75 Å². The van der Waals surface area contributed by atoms with E-state index in [0.717, 1.165) is 6.20 Å². The van der Waals surface area contributed by atoms with E-state index in [1.807, 2.05) is 0 Å². The van der Waals surface area contributed by atoms with Gasteiger partial charge in [-0.3, -0.25) is 23.2 Å². The summed E-state index contributed by atoms with van der Waals surface area (Å²) in [5.74, 6) is -0.727. The van der Waals surface area contributed by atoms with Crippen LogP contribution in [0.2, 0.25) is 0 Å². The SMILES string of the molecule is CC(C)OC(=O)OCOc1cc(C(F)(F)F)ccc1C1OP(=O)(O)C(O)(Cc2cccnc2)P(=O)(O)O1. The Morgan fingerprint density at radius 2 is 1.84 bits per heavy atom. The third kappa shape index (κ3) is 6.50. The van der Waals surface area contributed by atoms with Gasteiger partial charge < -0.3 is 29.1 Å². The van der Waals surface area contributed by atoms with Crippen LogP contribution in [0.15, 0.2) is 42.7 Å². The van der Waals surface area contributed by atoms with E-state index in [1.165, 1.54) is 32.2 Å². The second-order valence-electron chi connectivity index (χ2n) is 7.97. The Morgan fingerprint density at radius 1 is 1.19 bits per heavy atom. The predicted octanol–water partition coefficient (Wildman–Crippen LogP) is 4.30. The number of alkyl halides is 3. The van der Waals surface area contributed by atoms with Crippen LogP contribution in [0.1, 0.15) is 36.8 Å². The summed E-state index contributed by atoms with van der Waals surface area (Å²) in [7, 11) is -10.9. The summed E-state index contributed by atoms with van der Waals surface area (Å²) < 4.78 is 89.9. The van der Waals surface area contributed by atoms with E-state index in [9.17, 15) is 42.0 Å². The second-order valence-corrected chi connectivity index (χ2v) is 12.3. The lowest BCUT2D eigenvalue weighted by Crippen LogP contribution is -2.38. The second kappa shape index (κ2) is 10.7. The summed E-state index contributed by atoms with van der Waals surface area (Å²) in [4.78, 5) is 36.2. The maximum atomic E-state index is 13.3. The molecule has 12 nitrogen and oxygen atoms in total. The van der Waals surface area contributed by atoms with E-state index < -0.39 is 75.1 Å². The van der Waals surface area contributed by atoms with Gasteiger partial charge >= 0.3 is 27.5 Å². The van der Waals surface area contributed by atoms with Gasteiger partial charge in [-0.25, -0.2) is 4.79 Å². The van der Waals surface area contributed by atoms with Crippen molar-refractivity contribution in [1.82, 2.24) is 4.98 Å². The number of nitrogens with zero attached hydrogens (tertiary/aromatic N) is 1. The summed E-state index contributed by atoms with van der Waals surface area (Å²) in [6.45, 7) is 2.06. The first-order chi connectivity index (χ1) is 17.1. The molecule has 2 unspecified atom stereocenters. The number of carbonyl (C=O) groups is 1. The Hall–Kier alpha value is -2.51. The molecule has 2 heterocycles. The van der Waals surface area contributed by atoms with Gasteiger partial charge in [0.2, 0.25) is 13.1 Å². The van der Waals surface area contributed by atoms with Crippen molar-refractivity contribution in [2.24, 2.45) is 0 Å². The van der Waals surface area contributed by atoms with Gasteiger partial charge in [-0.1, -0.05) is 6.07 Å². The van der Waals surface area contributed by atoms with Crippen LogP contribution in [0.25, 0.3) is 0 Å². The molecule has 0 bridgehead atoms. The average Bonchev–Trinajstić information content (AvgIpc) is 2.77. The molecule has 2 atom stereocenters. The molecule has 1 aliphatic heterocycles. The van der Waals surface area contributed by atoms with Crippen LogP contribution in [0.3, 0.4) is 0 Å². The monoisotopic (exact) mass is 571 g/mol. The predicted molar refractivity (Wildman–Crippen MR) is 117 cm³/mol. The molecule has 3 rings (SSSR count). The van der Waals surface area contributed by atoms with Gasteiger partial charge in [-0.05, 0) is 43.7 Å². The molecule has 0 amide bonds. The summed E-state index contributed by atoms with van der Waals surface area (Å²) in [6, 6.07) is 4.43. The maximum Gasteiger partial charge on any atom is 0.511 e. The fourth-order valence-electron chi connectivity index (χ4n) is 3.10. The first-order valence-corrected chi connectivity index (χ1v) is 13.5. The van der Waals surface area contributed by atoms with Gasteiger partial charge in [-0.2, -0.15) is 13.2 Å². The van der Waals surface area contributed by atoms with Crippen molar-refractivity contribution in [2.45, 2.75) is 43.9 Å². The van der Waals surface area contributed by atoms with Crippen molar-refractivity contribution in [1.29, 1.82) is 0 Å². The quantitative estimate of drug-likeness (QED) is 0.245. The minimum atomic E-state index is -5.43. The van der Waals surface area contributed by atoms with E-state index in [2.05, 4.69) is 9.72 Å². The van der Waals surface area contributed by atoms with Crippen molar-refractivity contribution in [3.8, 4) is 5.75 Å². The minimum absolute atomic E-state index is 0.0863. The Kier molecular flexibility index (Phi) is 8.40. The minimum Gasteiger partial charge on any atom is -0.457 e. The van der Waals surface area contributed by atoms with Crippen molar-refractivity contribution < 1.29 is 65.2 Å². The standard InChI is InChI=1S/C20H22F3NO11P2/c1-12(2)33-18(25)32-11-31-16-8-14(20(21,22)23)5-6-15(16)17-34-36(27,28)19(26,37(29,30)35-17)9-13-4-3-7-24-10-13/h3-8,10,12,17,26H,9,11H2,1-2H3,(H,27,28)(H,29,30). The number of pyridine rings is 1. The molecule has 2 aromatic rings. The molecule has 1 saturated heterocycles. The fourth-order valence-corrected chi connectivity index (χ4v) is 6.66. The molecule has 204 valence electrons. The maximum absolute atomic E-state index is 13.3. The lowest BCUT2D eigenvalue weighted by atomic mass is 10.1. The van der Waals surface area contributed by atoms with Crippen molar-refractivity contribution in [2.75, 3.05) is 6.79 Å². The number of rotatable bonds is 7. The van der Waals surface area contributed by atoms with Crippen molar-refractivity contribution in [3.05, 3.63) is 59.4 Å². The smallest absolute Gasteiger partial charge is 0.457 e. The molecule has 1 aromatic carbocycles. The number of aliphatic hydroxyl groups is 1. The molecule has 1 aromatic heterocycles. The lowest BCUT2D eigenvalue weighted by molar-refractivity contribution is -0.138. The Labute approximate surface area is 208 Å². The molecule has 3 N–H and O–H groups in total. The van der Waals surface area contributed by atoms with Gasteiger partial charge in [0.25, 0.3) is 5.08 Å². The van der Waals surface area contributed by atoms with Gasteiger partial charge in [0.05, 0.1) is 17.2 Å². The summed E-state index contributed by atoms with van der Waals surface area (Å²) in [5, 5.41) is 7.46. The van der Waals surface area contributed by atoms with E-state index in [0.29, 0.717) is 18.2 Å². The van der Waals surface area contributed by atoms with Crippen molar-refractivity contribution >= 4 is 21.3 Å². The third-order valence-electron chi connectivity index (χ3n) is 4.86. The largest absolute Gasteiger partial charge is 0.511 e. The van der Waals surface area contributed by atoms with Gasteiger partial charge in [0.15, 0.2) is 0 Å². The molecular weight excluding hydrogens is 549 g/mol. The zero-order chi connectivity index (χ0) is 27.6. The number of ether oxygens (including phenoxy) is 3. The highest BCUT2D eigenvalue weighted by atomic mass is 31.2. The van der Waals surface area contributed by atoms with Crippen LogP contribution in [0, 0.1) is 0 Å². The number of halogens is 3. The topological polar surface area (TPSA) is 171 Å². The van der Waals surface area contributed by atoms with Crippen LogP contribution in [0.5, 0.6) is 5.75 Å². The molecule has 0 radical (unpaired) electrons. The zero-order valence-corrected chi connectivity index (χ0v) is 21.0. The first-order valence-electron chi connectivity index (χ1n) is 10.4. The number of aromatic nitrogens is 1. The number of benzene rings is 1. The average molecular weight is 571 g/mol. The van der Waals surface area contributed by atoms with Crippen molar-refractivity contribution in [3.63, 3.8) is 0 Å². The van der Waals surface area contributed by atoms with Crippen LogP contribution < -0.4 is 4.74 Å². The van der Waals surface area contributed by atoms with Crippen LogP contribution in [-0.2, 0) is 40.2 Å². The number of hydrogen-bond acceptors (Lipinski definition) is 10. The van der Waals surface area contributed by atoms with Gasteiger partial charge in [0, 0.05) is 18.8 Å². The third-order valence-corrected chi connectivity index (χ3v) is 9.46. The highest BCUT2D eigenvalue weighted by Gasteiger charge is 2.67. The summed E-state index contributed by atoms with van der Waals surface area (Å²) in [6.07, 6.45) is -7.22. The molecule has 0 spiro atoms. The number of hydrogen-bond donors (Lipinski definition) is 3. The summed E-state index contributed by atoms with van der Waals surface area (Å²) in [5.41, 5.74) is -1.69. The molecule has 0 saturated carbocycles. The molecule has 1 aliphatic rings. The lowest BCUT2D eigenvalue weighted by Gasteiger charge is -2.41. The van der Waals surface area contributed by atoms with E-state index in [4.69, 9.17) is 18.5 Å². The van der Waals surface area contributed by atoms with Crippen LogP contribution in [0.4, 0.5) is 18.0 Å². The van der Waals surface area contributed by atoms with Crippen LogP contribution >= 0.6 is 15.2 Å². The Bertz CT molecular complexity index is 1200.